The third-order valence-corrected chi connectivity index (χ3v) is 5.92. The quantitative estimate of drug-likeness (QED) is 0.398. The van der Waals surface area contributed by atoms with Gasteiger partial charge in [-0.3, -0.25) is 0 Å². The Morgan fingerprint density at radius 1 is 1.19 bits per heavy atom. The van der Waals surface area contributed by atoms with Crippen LogP contribution in [0.4, 0.5) is 9.18 Å². The van der Waals surface area contributed by atoms with Crippen molar-refractivity contribution in [3.63, 3.8) is 0 Å². The summed E-state index contributed by atoms with van der Waals surface area (Å²) >= 11 is 11.8. The molecule has 2 aromatic carbocycles. The van der Waals surface area contributed by atoms with Gasteiger partial charge in [0.1, 0.15) is 11.9 Å². The standard InChI is InChI=1S/C23H22Cl2FN3O3/c1-23(2,3)32-22(30)29-9-8-14(11-29)13-4-6-17-15(10-13)21(28-12-27-17)31-18-7-5-16(24)19(25)20(18)26/h4-7,10,12,14H,8-9,11H2,1-3H3/t14-/m1/s1. The maximum Gasteiger partial charge on any atom is 0.410 e. The minimum atomic E-state index is -0.758. The number of halogens is 3. The summed E-state index contributed by atoms with van der Waals surface area (Å²) in [4.78, 5) is 22.6. The van der Waals surface area contributed by atoms with Crippen LogP contribution < -0.4 is 4.74 Å². The number of ether oxygens (including phenoxy) is 2. The van der Waals surface area contributed by atoms with Crippen molar-refractivity contribution in [1.82, 2.24) is 14.9 Å². The molecule has 0 saturated carbocycles. The van der Waals surface area contributed by atoms with E-state index in [9.17, 15) is 9.18 Å². The van der Waals surface area contributed by atoms with Gasteiger partial charge in [0.15, 0.2) is 11.6 Å². The van der Waals surface area contributed by atoms with Gasteiger partial charge in [-0.25, -0.2) is 19.2 Å². The Kier molecular flexibility index (Phi) is 6.14. The average Bonchev–Trinajstić information content (AvgIpc) is 3.23. The predicted molar refractivity (Wildman–Crippen MR) is 121 cm³/mol. The molecule has 1 aromatic heterocycles. The highest BCUT2D eigenvalue weighted by molar-refractivity contribution is 6.42. The highest BCUT2D eigenvalue weighted by Gasteiger charge is 2.30. The van der Waals surface area contributed by atoms with E-state index in [1.807, 2.05) is 39.0 Å². The second-order valence-corrected chi connectivity index (χ2v) is 9.43. The van der Waals surface area contributed by atoms with Gasteiger partial charge in [0.2, 0.25) is 5.88 Å². The largest absolute Gasteiger partial charge is 0.444 e. The first-order valence-corrected chi connectivity index (χ1v) is 10.9. The molecular formula is C23H22Cl2FN3O3. The van der Waals surface area contributed by atoms with E-state index < -0.39 is 11.4 Å². The van der Waals surface area contributed by atoms with Gasteiger partial charge in [0.25, 0.3) is 0 Å². The van der Waals surface area contributed by atoms with Crippen molar-refractivity contribution < 1.29 is 18.7 Å². The molecule has 0 aliphatic carbocycles. The number of benzene rings is 2. The van der Waals surface area contributed by atoms with Crippen LogP contribution in [0, 0.1) is 5.82 Å². The number of carbonyl (C=O) groups is 1. The summed E-state index contributed by atoms with van der Waals surface area (Å²) in [5.41, 5.74) is 1.13. The van der Waals surface area contributed by atoms with Crippen LogP contribution >= 0.6 is 23.2 Å². The van der Waals surface area contributed by atoms with E-state index in [0.717, 1.165) is 12.0 Å². The van der Waals surface area contributed by atoms with Crippen LogP contribution in [-0.2, 0) is 4.74 Å². The van der Waals surface area contributed by atoms with E-state index in [4.69, 9.17) is 32.7 Å². The molecule has 9 heteroatoms. The second-order valence-electron chi connectivity index (χ2n) is 8.64. The van der Waals surface area contributed by atoms with E-state index in [1.165, 1.54) is 18.5 Å². The van der Waals surface area contributed by atoms with Gasteiger partial charge in [-0.1, -0.05) is 29.3 Å². The lowest BCUT2D eigenvalue weighted by Crippen LogP contribution is -2.35. The van der Waals surface area contributed by atoms with E-state index in [1.54, 1.807) is 4.90 Å². The number of likely N-dealkylation sites (tertiary alicyclic amines) is 1. The van der Waals surface area contributed by atoms with Gasteiger partial charge in [0, 0.05) is 19.0 Å². The molecule has 1 fully saturated rings. The fraction of sp³-hybridized carbons (Fsp3) is 0.348. The summed E-state index contributed by atoms with van der Waals surface area (Å²) in [6.07, 6.45) is 1.84. The maximum absolute atomic E-state index is 14.5. The van der Waals surface area contributed by atoms with Gasteiger partial charge in [0.05, 0.1) is 20.9 Å². The number of fused-ring (bicyclic) bond motifs is 1. The summed E-state index contributed by atoms with van der Waals surface area (Å²) in [5.74, 6) is -0.509. The zero-order valence-corrected chi connectivity index (χ0v) is 19.4. The van der Waals surface area contributed by atoms with E-state index in [0.29, 0.717) is 24.0 Å². The van der Waals surface area contributed by atoms with Gasteiger partial charge in [-0.05, 0) is 57.0 Å². The van der Waals surface area contributed by atoms with Crippen LogP contribution in [0.15, 0.2) is 36.7 Å². The minimum absolute atomic E-state index is 0.0817. The third kappa shape index (κ3) is 4.74. The van der Waals surface area contributed by atoms with Crippen LogP contribution in [-0.4, -0.2) is 39.7 Å². The number of rotatable bonds is 3. The zero-order chi connectivity index (χ0) is 23.0. The molecule has 0 N–H and O–H groups in total. The molecule has 0 radical (unpaired) electrons. The predicted octanol–water partition coefficient (Wildman–Crippen LogP) is 6.59. The van der Waals surface area contributed by atoms with Crippen LogP contribution in [0.25, 0.3) is 10.9 Å². The number of nitrogens with zero attached hydrogens (tertiary/aromatic N) is 3. The molecule has 1 aliphatic heterocycles. The molecule has 1 atom stereocenters. The maximum atomic E-state index is 14.5. The molecule has 0 bridgehead atoms. The van der Waals surface area contributed by atoms with Gasteiger partial charge >= 0.3 is 6.09 Å². The van der Waals surface area contributed by atoms with Crippen molar-refractivity contribution in [3.05, 3.63) is 58.1 Å². The normalized spacial score (nSPS) is 16.4. The Bertz CT molecular complexity index is 1180. The summed E-state index contributed by atoms with van der Waals surface area (Å²) in [6.45, 7) is 6.70. The molecule has 3 aromatic rings. The highest BCUT2D eigenvalue weighted by Crippen LogP contribution is 2.36. The molecule has 0 unspecified atom stereocenters. The minimum Gasteiger partial charge on any atom is -0.444 e. The molecule has 6 nitrogen and oxygen atoms in total. The van der Waals surface area contributed by atoms with Crippen LogP contribution in [0.3, 0.4) is 0 Å². The van der Waals surface area contributed by atoms with Gasteiger partial charge in [-0.2, -0.15) is 0 Å². The smallest absolute Gasteiger partial charge is 0.410 e. The first-order chi connectivity index (χ1) is 15.1. The zero-order valence-electron chi connectivity index (χ0n) is 17.9. The third-order valence-electron chi connectivity index (χ3n) is 5.14. The first-order valence-electron chi connectivity index (χ1n) is 10.2. The molecule has 1 amide bonds. The number of carbonyl (C=O) groups excluding carboxylic acids is 1. The van der Waals surface area contributed by atoms with Crippen LogP contribution in [0.1, 0.15) is 38.7 Å². The summed E-state index contributed by atoms with van der Waals surface area (Å²) in [6, 6.07) is 8.62. The Hall–Kier alpha value is -2.64. The SMILES string of the molecule is CC(C)(C)OC(=O)N1CC[C@@H](c2ccc3ncnc(Oc4ccc(Cl)c(Cl)c4F)c3c2)C1. The molecule has 168 valence electrons. The van der Waals surface area contributed by atoms with Gasteiger partial charge < -0.3 is 14.4 Å². The summed E-state index contributed by atoms with van der Waals surface area (Å²) in [5, 5.41) is 0.518. The Labute approximate surface area is 195 Å². The van der Waals surface area contributed by atoms with Crippen molar-refractivity contribution in [1.29, 1.82) is 0 Å². The molecular weight excluding hydrogens is 456 g/mol. The van der Waals surface area contributed by atoms with E-state index in [-0.39, 0.29) is 33.7 Å². The topological polar surface area (TPSA) is 64.5 Å². The van der Waals surface area contributed by atoms with Crippen molar-refractivity contribution >= 4 is 40.2 Å². The average molecular weight is 478 g/mol. The number of amides is 1. The fourth-order valence-corrected chi connectivity index (χ4v) is 3.90. The fourth-order valence-electron chi connectivity index (χ4n) is 3.60. The van der Waals surface area contributed by atoms with Crippen LogP contribution in [0.5, 0.6) is 11.6 Å². The van der Waals surface area contributed by atoms with Crippen molar-refractivity contribution in [2.75, 3.05) is 13.1 Å². The molecule has 2 heterocycles. The van der Waals surface area contributed by atoms with Crippen molar-refractivity contribution in [3.8, 4) is 11.6 Å². The number of hydrogen-bond donors (Lipinski definition) is 0. The van der Waals surface area contributed by atoms with Crippen molar-refractivity contribution in [2.45, 2.75) is 38.7 Å². The molecule has 1 saturated heterocycles. The Morgan fingerprint density at radius 3 is 2.72 bits per heavy atom. The first kappa shape index (κ1) is 22.6. The van der Waals surface area contributed by atoms with E-state index in [2.05, 4.69) is 9.97 Å². The summed E-state index contributed by atoms with van der Waals surface area (Å²) < 4.78 is 25.7. The highest BCUT2D eigenvalue weighted by atomic mass is 35.5. The molecule has 1 aliphatic rings. The lowest BCUT2D eigenvalue weighted by atomic mass is 9.97. The number of hydrogen-bond acceptors (Lipinski definition) is 5. The lowest BCUT2D eigenvalue weighted by Gasteiger charge is -2.24. The second kappa shape index (κ2) is 8.71. The number of aromatic nitrogens is 2. The molecule has 0 spiro atoms. The Morgan fingerprint density at radius 2 is 1.97 bits per heavy atom. The molecule has 4 rings (SSSR count). The van der Waals surface area contributed by atoms with Crippen LogP contribution in [0.2, 0.25) is 10.0 Å². The van der Waals surface area contributed by atoms with Gasteiger partial charge in [-0.15, -0.1) is 0 Å². The monoisotopic (exact) mass is 477 g/mol. The van der Waals surface area contributed by atoms with Crippen molar-refractivity contribution in [2.24, 2.45) is 0 Å². The lowest BCUT2D eigenvalue weighted by molar-refractivity contribution is 0.0292. The molecule has 32 heavy (non-hydrogen) atoms. The summed E-state index contributed by atoms with van der Waals surface area (Å²) in [7, 11) is 0. The Balaban J connectivity index is 1.60. The van der Waals surface area contributed by atoms with E-state index >= 15 is 0 Å².